The van der Waals surface area contributed by atoms with Gasteiger partial charge < -0.3 is 9.67 Å². The van der Waals surface area contributed by atoms with Crippen molar-refractivity contribution in [3.05, 3.63) is 42.4 Å². The lowest BCUT2D eigenvalue weighted by Gasteiger charge is -2.43. The number of aliphatic hydroxyl groups is 1. The van der Waals surface area contributed by atoms with E-state index < -0.39 is 0 Å². The van der Waals surface area contributed by atoms with E-state index in [1.165, 1.54) is 11.1 Å². The van der Waals surface area contributed by atoms with Crippen LogP contribution in [-0.4, -0.2) is 62.7 Å². The van der Waals surface area contributed by atoms with E-state index in [4.69, 9.17) is 0 Å². The summed E-state index contributed by atoms with van der Waals surface area (Å²) >= 11 is 0. The molecule has 4 heterocycles. The summed E-state index contributed by atoms with van der Waals surface area (Å²) in [5, 5.41) is 16.1. The highest BCUT2D eigenvalue weighted by Gasteiger charge is 2.35. The first-order chi connectivity index (χ1) is 15.2. The minimum absolute atomic E-state index is 0.178. The quantitative estimate of drug-likeness (QED) is 0.772. The van der Waals surface area contributed by atoms with Gasteiger partial charge in [0.25, 0.3) is 0 Å². The maximum atomic E-state index is 12.0. The average Bonchev–Trinajstić information content (AvgIpc) is 3.41. The summed E-state index contributed by atoms with van der Waals surface area (Å²) in [5.74, 6) is 1.04. The number of hydrogen-bond donors (Lipinski definition) is 1. The zero-order chi connectivity index (χ0) is 21.4. The largest absolute Gasteiger partial charge is 0.393 e. The van der Waals surface area contributed by atoms with Gasteiger partial charge in [-0.2, -0.15) is 0 Å². The van der Waals surface area contributed by atoms with Gasteiger partial charge in [-0.1, -0.05) is 31.2 Å². The fourth-order valence-electron chi connectivity index (χ4n) is 5.91. The number of nitrogens with zero attached hydrogens (tertiary/aromatic N) is 4. The maximum absolute atomic E-state index is 12.0. The van der Waals surface area contributed by atoms with Crippen LogP contribution in [0.2, 0.25) is 0 Å². The Kier molecular flexibility index (Phi) is 5.95. The average molecular weight is 423 g/mol. The van der Waals surface area contributed by atoms with Crippen LogP contribution in [0.4, 0.5) is 0 Å². The summed E-state index contributed by atoms with van der Waals surface area (Å²) in [6, 6.07) is 8.69. The second-order valence-electron chi connectivity index (χ2n) is 9.43. The first-order valence-corrected chi connectivity index (χ1v) is 12.0. The van der Waals surface area contributed by atoms with Gasteiger partial charge in [0, 0.05) is 44.1 Å². The van der Waals surface area contributed by atoms with Crippen LogP contribution in [-0.2, 0) is 4.79 Å². The van der Waals surface area contributed by atoms with Gasteiger partial charge in [-0.3, -0.25) is 4.79 Å². The molecule has 2 saturated heterocycles. The number of carbonyl (C=O) groups excluding carboxylic acids is 1. The van der Waals surface area contributed by atoms with Crippen molar-refractivity contribution in [1.29, 1.82) is 0 Å². The highest BCUT2D eigenvalue weighted by atomic mass is 16.3. The van der Waals surface area contributed by atoms with Crippen molar-refractivity contribution < 1.29 is 9.90 Å². The summed E-state index contributed by atoms with van der Waals surface area (Å²) in [4.78, 5) is 16.3. The summed E-state index contributed by atoms with van der Waals surface area (Å²) in [6.45, 7) is 5.97. The number of aliphatic hydroxyl groups excluding tert-OH is 1. The molecule has 0 saturated carbocycles. The molecule has 0 aliphatic carbocycles. The molecular formula is C25H34N4O2. The second kappa shape index (κ2) is 8.85. The lowest BCUT2D eigenvalue weighted by Crippen LogP contribution is -2.51. The van der Waals surface area contributed by atoms with Crippen molar-refractivity contribution in [2.24, 2.45) is 11.8 Å². The number of imidazole rings is 1. The molecule has 1 N–H and O–H groups in total. The number of hydrazine groups is 1. The van der Waals surface area contributed by atoms with Crippen molar-refractivity contribution in [2.75, 3.05) is 26.2 Å². The van der Waals surface area contributed by atoms with E-state index in [-0.39, 0.29) is 18.1 Å². The molecule has 166 valence electrons. The van der Waals surface area contributed by atoms with Crippen LogP contribution in [0.25, 0.3) is 11.3 Å². The molecule has 1 aromatic heterocycles. The molecule has 0 spiro atoms. The molecular weight excluding hydrogens is 388 g/mol. The van der Waals surface area contributed by atoms with Crippen LogP contribution in [0.5, 0.6) is 0 Å². The number of rotatable bonds is 6. The van der Waals surface area contributed by atoms with E-state index >= 15 is 0 Å². The van der Waals surface area contributed by atoms with Gasteiger partial charge in [0.15, 0.2) is 0 Å². The molecule has 3 aliphatic heterocycles. The van der Waals surface area contributed by atoms with Gasteiger partial charge >= 0.3 is 0 Å². The van der Waals surface area contributed by atoms with Crippen molar-refractivity contribution in [1.82, 2.24) is 19.6 Å². The molecule has 2 atom stereocenters. The normalized spacial score (nSPS) is 24.1. The molecule has 0 amide bonds. The van der Waals surface area contributed by atoms with Crippen LogP contribution in [0.1, 0.15) is 57.1 Å². The van der Waals surface area contributed by atoms with Gasteiger partial charge in [0.2, 0.25) is 0 Å². The number of benzene rings is 1. The van der Waals surface area contributed by atoms with Gasteiger partial charge in [-0.25, -0.2) is 15.0 Å². The molecule has 0 radical (unpaired) electrons. The molecule has 6 nitrogen and oxygen atoms in total. The Morgan fingerprint density at radius 2 is 1.77 bits per heavy atom. The Morgan fingerprint density at radius 1 is 1.10 bits per heavy atom. The Balaban J connectivity index is 1.16. The van der Waals surface area contributed by atoms with Crippen molar-refractivity contribution in [3.8, 4) is 11.3 Å². The van der Waals surface area contributed by atoms with E-state index in [2.05, 4.69) is 43.8 Å². The van der Waals surface area contributed by atoms with Gasteiger partial charge in [0.05, 0.1) is 30.4 Å². The minimum Gasteiger partial charge on any atom is -0.393 e. The van der Waals surface area contributed by atoms with Crippen LogP contribution in [0.15, 0.2) is 36.8 Å². The zero-order valence-corrected chi connectivity index (χ0v) is 18.5. The Bertz CT molecular complexity index is 910. The lowest BCUT2D eigenvalue weighted by molar-refractivity contribution is -0.128. The fraction of sp³-hybridized carbons (Fsp3) is 0.600. The monoisotopic (exact) mass is 422 g/mol. The summed E-state index contributed by atoms with van der Waals surface area (Å²) in [6.07, 6.45) is 8.98. The fourth-order valence-corrected chi connectivity index (χ4v) is 5.91. The number of Topliss-reactive ketones (excluding diaryl/α,β-unsaturated/α-hetero) is 1. The molecule has 6 heteroatoms. The first-order valence-electron chi connectivity index (χ1n) is 12.0. The summed E-state index contributed by atoms with van der Waals surface area (Å²) < 4.78 is 2.23. The Morgan fingerprint density at radius 3 is 2.48 bits per heavy atom. The second-order valence-corrected chi connectivity index (χ2v) is 9.43. The highest BCUT2D eigenvalue weighted by molar-refractivity contribution is 5.80. The van der Waals surface area contributed by atoms with Crippen LogP contribution in [0, 0.1) is 11.8 Å². The molecule has 3 aliphatic rings. The molecule has 0 bridgehead atoms. The lowest BCUT2D eigenvalue weighted by atomic mass is 9.86. The van der Waals surface area contributed by atoms with Gasteiger partial charge in [-0.15, -0.1) is 0 Å². The number of aromatic nitrogens is 2. The molecule has 31 heavy (non-hydrogen) atoms. The van der Waals surface area contributed by atoms with E-state index in [1.54, 1.807) is 0 Å². The standard InChI is InChI=1S/C25H34N4O2/c1-2-24(30)18-7-11-27(12-8-18)28-13-9-19(10-14-28)25(31)15-22-20-5-3-4-6-21(20)23-16-26-17-29(22)23/h3-6,16-19,22,25,31H,2,7-15H2,1H3. The molecule has 2 fully saturated rings. The Hall–Kier alpha value is -2.02. The van der Waals surface area contributed by atoms with Crippen molar-refractivity contribution >= 4 is 5.78 Å². The summed E-state index contributed by atoms with van der Waals surface area (Å²) in [5.41, 5.74) is 3.71. The molecule has 5 rings (SSSR count). The number of ketones is 1. The number of carbonyl (C=O) groups is 1. The third-order valence-electron chi connectivity index (χ3n) is 7.80. The van der Waals surface area contributed by atoms with E-state index in [0.717, 1.165) is 64.0 Å². The van der Waals surface area contributed by atoms with Gasteiger partial charge in [0.1, 0.15) is 5.78 Å². The zero-order valence-electron chi connectivity index (χ0n) is 18.5. The first kappa shape index (κ1) is 20.9. The number of piperidine rings is 2. The van der Waals surface area contributed by atoms with Gasteiger partial charge in [-0.05, 0) is 43.6 Å². The van der Waals surface area contributed by atoms with Crippen LogP contribution < -0.4 is 0 Å². The summed E-state index contributed by atoms with van der Waals surface area (Å²) in [7, 11) is 0. The highest BCUT2D eigenvalue weighted by Crippen LogP contribution is 2.42. The maximum Gasteiger partial charge on any atom is 0.135 e. The third-order valence-corrected chi connectivity index (χ3v) is 7.80. The molecule has 2 unspecified atom stereocenters. The minimum atomic E-state index is -0.304. The van der Waals surface area contributed by atoms with E-state index in [0.29, 0.717) is 18.1 Å². The molecule has 1 aromatic carbocycles. The van der Waals surface area contributed by atoms with Crippen LogP contribution in [0.3, 0.4) is 0 Å². The predicted molar refractivity (Wildman–Crippen MR) is 120 cm³/mol. The van der Waals surface area contributed by atoms with E-state index in [9.17, 15) is 9.90 Å². The SMILES string of the molecule is CCC(=O)C1CCN(N2CCC(C(O)CC3c4ccccc4-c4cncn43)CC2)CC1. The van der Waals surface area contributed by atoms with Crippen LogP contribution >= 0.6 is 0 Å². The van der Waals surface area contributed by atoms with Crippen molar-refractivity contribution in [2.45, 2.75) is 57.6 Å². The number of fused-ring (bicyclic) bond motifs is 3. The predicted octanol–water partition coefficient (Wildman–Crippen LogP) is 3.52. The van der Waals surface area contributed by atoms with E-state index in [1.807, 2.05) is 19.4 Å². The third kappa shape index (κ3) is 3.97. The Labute approximate surface area is 184 Å². The topological polar surface area (TPSA) is 61.6 Å². The molecule has 2 aromatic rings. The smallest absolute Gasteiger partial charge is 0.135 e. The number of hydrogen-bond acceptors (Lipinski definition) is 5. The van der Waals surface area contributed by atoms with Crippen molar-refractivity contribution in [3.63, 3.8) is 0 Å².